The number of aromatic nitrogens is 2. The third-order valence-electron chi connectivity index (χ3n) is 5.02. The first-order valence-corrected chi connectivity index (χ1v) is 10.1. The predicted molar refractivity (Wildman–Crippen MR) is 128 cm³/mol. The molecule has 0 saturated heterocycles. The molecule has 0 aromatic carbocycles. The largest absolute Gasteiger partial charge is 0.384 e. The molecule has 6 nitrogen and oxygen atoms in total. The molecule has 0 amide bonds. The first-order chi connectivity index (χ1) is 15.0. The summed E-state index contributed by atoms with van der Waals surface area (Å²) in [5, 5.41) is 13.2. The van der Waals surface area contributed by atoms with Crippen LogP contribution < -0.4 is 27.0 Å². The van der Waals surface area contributed by atoms with E-state index in [0.29, 0.717) is 12.2 Å². The molecule has 0 unspecified atom stereocenters. The summed E-state index contributed by atoms with van der Waals surface area (Å²) in [7, 11) is 0. The maximum Gasteiger partial charge on any atom is 0.158 e. The van der Waals surface area contributed by atoms with Gasteiger partial charge in [-0.1, -0.05) is 43.0 Å². The van der Waals surface area contributed by atoms with Gasteiger partial charge in [0.2, 0.25) is 0 Å². The second kappa shape index (κ2) is 10.3. The van der Waals surface area contributed by atoms with Crippen LogP contribution in [0.2, 0.25) is 0 Å². The highest BCUT2D eigenvalue weighted by Gasteiger charge is 2.05. The molecule has 2 aromatic rings. The van der Waals surface area contributed by atoms with Crippen molar-refractivity contribution >= 4 is 23.2 Å². The van der Waals surface area contributed by atoms with Crippen molar-refractivity contribution < 1.29 is 0 Å². The van der Waals surface area contributed by atoms with E-state index in [-0.39, 0.29) is 5.84 Å². The van der Waals surface area contributed by atoms with Gasteiger partial charge in [0, 0.05) is 35.5 Å². The fraction of sp³-hybridized carbons (Fsp3) is 0.160. The fourth-order valence-electron chi connectivity index (χ4n) is 3.33. The minimum Gasteiger partial charge on any atom is -0.384 e. The Morgan fingerprint density at radius 1 is 1.26 bits per heavy atom. The smallest absolute Gasteiger partial charge is 0.158 e. The Morgan fingerprint density at radius 2 is 2.10 bits per heavy atom. The van der Waals surface area contributed by atoms with Crippen LogP contribution in [0.1, 0.15) is 30.3 Å². The van der Waals surface area contributed by atoms with Crippen LogP contribution in [0.4, 0.5) is 0 Å². The molecule has 0 radical (unpaired) electrons. The first-order valence-electron chi connectivity index (χ1n) is 10.1. The number of hydrogen-bond donors (Lipinski definition) is 4. The highest BCUT2D eigenvalue weighted by Crippen LogP contribution is 2.20. The summed E-state index contributed by atoms with van der Waals surface area (Å²) < 4.78 is 0. The summed E-state index contributed by atoms with van der Waals surface area (Å²) >= 11 is 0. The molecule has 0 bridgehead atoms. The van der Waals surface area contributed by atoms with Crippen molar-refractivity contribution in [3.63, 3.8) is 0 Å². The number of hydrogen-bond acceptors (Lipinski definition) is 5. The summed E-state index contributed by atoms with van der Waals surface area (Å²) in [6.07, 6.45) is 16.9. The highest BCUT2D eigenvalue weighted by atomic mass is 15.2. The molecule has 0 spiro atoms. The first kappa shape index (κ1) is 21.9. The van der Waals surface area contributed by atoms with Gasteiger partial charge in [-0.3, -0.25) is 15.4 Å². The van der Waals surface area contributed by atoms with E-state index in [9.17, 15) is 0 Å². The van der Waals surface area contributed by atoms with Crippen molar-refractivity contribution in [3.8, 4) is 0 Å². The van der Waals surface area contributed by atoms with E-state index in [0.717, 1.165) is 28.2 Å². The Morgan fingerprint density at radius 3 is 2.84 bits per heavy atom. The second-order valence-corrected chi connectivity index (χ2v) is 7.25. The summed E-state index contributed by atoms with van der Waals surface area (Å²) in [5.41, 5.74) is 8.42. The van der Waals surface area contributed by atoms with Gasteiger partial charge >= 0.3 is 0 Å². The maximum absolute atomic E-state index is 7.83. The van der Waals surface area contributed by atoms with Gasteiger partial charge < -0.3 is 10.7 Å². The third kappa shape index (κ3) is 5.65. The molecular weight excluding hydrogens is 384 g/mol. The van der Waals surface area contributed by atoms with Crippen LogP contribution in [0.3, 0.4) is 0 Å². The molecule has 0 aliphatic heterocycles. The fourth-order valence-corrected chi connectivity index (χ4v) is 3.33. The van der Waals surface area contributed by atoms with Crippen LogP contribution in [0.15, 0.2) is 73.1 Å². The van der Waals surface area contributed by atoms with Gasteiger partial charge in [0.15, 0.2) is 5.84 Å². The van der Waals surface area contributed by atoms with E-state index in [4.69, 9.17) is 11.3 Å². The monoisotopic (exact) mass is 412 g/mol. The molecule has 2 aromatic heterocycles. The maximum atomic E-state index is 7.83. The summed E-state index contributed by atoms with van der Waals surface area (Å²) in [4.78, 5) is 8.63. The lowest BCUT2D eigenvalue weighted by molar-refractivity contribution is 0.950. The molecule has 6 heteroatoms. The summed E-state index contributed by atoms with van der Waals surface area (Å²) in [6, 6.07) is 5.96. The molecule has 1 aliphatic rings. The Balaban J connectivity index is 1.78. The summed E-state index contributed by atoms with van der Waals surface area (Å²) in [6.45, 7) is 8.52. The molecule has 158 valence electrons. The van der Waals surface area contributed by atoms with E-state index in [1.807, 2.05) is 38.3 Å². The van der Waals surface area contributed by atoms with Gasteiger partial charge in [-0.05, 0) is 60.4 Å². The van der Waals surface area contributed by atoms with Crippen LogP contribution >= 0.6 is 0 Å². The van der Waals surface area contributed by atoms with Gasteiger partial charge in [-0.25, -0.2) is 5.84 Å². The number of amidine groups is 1. The van der Waals surface area contributed by atoms with Crippen LogP contribution in [-0.2, 0) is 0 Å². The normalized spacial score (nSPS) is 14.9. The number of rotatable bonds is 6. The van der Waals surface area contributed by atoms with Crippen molar-refractivity contribution in [2.24, 2.45) is 5.84 Å². The van der Waals surface area contributed by atoms with E-state index in [1.165, 1.54) is 16.7 Å². The van der Waals surface area contributed by atoms with Crippen LogP contribution in [0.25, 0.3) is 17.3 Å². The second-order valence-electron chi connectivity index (χ2n) is 7.25. The third-order valence-corrected chi connectivity index (χ3v) is 5.02. The number of pyridine rings is 2. The Kier molecular flexibility index (Phi) is 7.30. The van der Waals surface area contributed by atoms with Crippen molar-refractivity contribution in [2.45, 2.75) is 20.3 Å². The van der Waals surface area contributed by atoms with Crippen molar-refractivity contribution in [1.82, 2.24) is 20.7 Å². The van der Waals surface area contributed by atoms with E-state index >= 15 is 0 Å². The lowest BCUT2D eigenvalue weighted by atomic mass is 10.1. The van der Waals surface area contributed by atoms with Gasteiger partial charge in [0.25, 0.3) is 0 Å². The van der Waals surface area contributed by atoms with E-state index in [1.54, 1.807) is 12.3 Å². The summed E-state index contributed by atoms with van der Waals surface area (Å²) in [5.74, 6) is 5.41. The van der Waals surface area contributed by atoms with Crippen molar-refractivity contribution in [3.05, 3.63) is 101 Å². The molecule has 0 fully saturated rings. The number of allylic oxidation sites excluding steroid dienone is 5. The standard InChI is InChI=1S/C25H28N6/c1-4-6-22-14-24(25(26)31-27)30-16-23(22)18(3)29-15-19-7-5-8-20(10-9-19)21-11-12-28-17(2)13-21/h4,6-14,16,29H,1,5,15,27H2,2-3H3,(H2,26,31)/b22-6-,23-18+. The average Bonchev–Trinajstić information content (AvgIpc) is 3.03. The van der Waals surface area contributed by atoms with Gasteiger partial charge in [-0.2, -0.15) is 0 Å². The van der Waals surface area contributed by atoms with Gasteiger partial charge in [-0.15, -0.1) is 0 Å². The number of nitrogens with two attached hydrogens (primary N) is 1. The van der Waals surface area contributed by atoms with E-state index in [2.05, 4.69) is 57.7 Å². The zero-order valence-electron chi connectivity index (χ0n) is 17.9. The molecule has 31 heavy (non-hydrogen) atoms. The molecule has 0 saturated carbocycles. The molecular formula is C25H28N6. The van der Waals surface area contributed by atoms with E-state index < -0.39 is 0 Å². The van der Waals surface area contributed by atoms with Crippen LogP contribution in [-0.4, -0.2) is 22.3 Å². The topological polar surface area (TPSA) is 99.7 Å². The Hall–Kier alpha value is -3.77. The molecule has 1 aliphatic carbocycles. The van der Waals surface area contributed by atoms with Gasteiger partial charge in [0.1, 0.15) is 5.69 Å². The van der Waals surface area contributed by atoms with Gasteiger partial charge in [0.05, 0.1) is 0 Å². The number of hydrazine groups is 1. The predicted octanol–water partition coefficient (Wildman–Crippen LogP) is 2.23. The van der Waals surface area contributed by atoms with Crippen LogP contribution in [0, 0.1) is 12.3 Å². The SMILES string of the molecule is C=C/C=c1/cc(C(=N)NN)nc/c1=C(/C)NCC1=CCC=C(c2ccnc(C)c2)C=C1. The molecule has 0 atom stereocenters. The number of aryl methyl sites for hydroxylation is 1. The average molecular weight is 413 g/mol. The minimum absolute atomic E-state index is 0.0670. The molecule has 5 N–H and O–H groups in total. The Bertz CT molecular complexity index is 1200. The number of nitrogens with zero attached hydrogens (tertiary/aromatic N) is 2. The molecule has 2 heterocycles. The zero-order valence-corrected chi connectivity index (χ0v) is 17.9. The zero-order chi connectivity index (χ0) is 22.2. The highest BCUT2D eigenvalue weighted by molar-refractivity contribution is 5.94. The number of nitrogens with one attached hydrogen (secondary N) is 3. The van der Waals surface area contributed by atoms with Crippen molar-refractivity contribution in [2.75, 3.05) is 6.54 Å². The Labute approximate surface area is 182 Å². The lowest BCUT2D eigenvalue weighted by Crippen LogP contribution is -2.36. The quantitative estimate of drug-likeness (QED) is 0.252. The minimum atomic E-state index is 0.0670. The van der Waals surface area contributed by atoms with Crippen molar-refractivity contribution in [1.29, 1.82) is 5.41 Å². The molecule has 3 rings (SSSR count). The lowest BCUT2D eigenvalue weighted by Gasteiger charge is -2.09. The van der Waals surface area contributed by atoms with Crippen LogP contribution in [0.5, 0.6) is 0 Å².